The van der Waals surface area contributed by atoms with E-state index in [1.807, 2.05) is 41.3 Å². The van der Waals surface area contributed by atoms with Gasteiger partial charge in [0.05, 0.1) is 25.1 Å². The van der Waals surface area contributed by atoms with E-state index in [4.69, 9.17) is 9.15 Å². The molecule has 21 heavy (non-hydrogen) atoms. The number of hydrogen-bond acceptors (Lipinski definition) is 3. The summed E-state index contributed by atoms with van der Waals surface area (Å²) >= 11 is 0. The van der Waals surface area contributed by atoms with E-state index in [9.17, 15) is 4.79 Å². The highest BCUT2D eigenvalue weighted by Gasteiger charge is 2.32. The molecule has 1 N–H and O–H groups in total. The quantitative estimate of drug-likeness (QED) is 0.936. The molecule has 2 amide bonds. The van der Waals surface area contributed by atoms with Gasteiger partial charge in [-0.1, -0.05) is 12.1 Å². The number of methoxy groups -OCH3 is 1. The summed E-state index contributed by atoms with van der Waals surface area (Å²) in [6.45, 7) is 0.729. The van der Waals surface area contributed by atoms with Crippen LogP contribution < -0.4 is 10.1 Å². The topological polar surface area (TPSA) is 54.7 Å². The van der Waals surface area contributed by atoms with Crippen molar-refractivity contribution in [3.8, 4) is 5.75 Å². The molecule has 0 spiro atoms. The number of anilines is 1. The lowest BCUT2D eigenvalue weighted by molar-refractivity contribution is 0.199. The number of rotatable bonds is 3. The first-order valence-corrected chi connectivity index (χ1v) is 7.03. The summed E-state index contributed by atoms with van der Waals surface area (Å²) in [5.74, 6) is 1.49. The smallest absolute Gasteiger partial charge is 0.322 e. The minimum Gasteiger partial charge on any atom is -0.495 e. The second-order valence-electron chi connectivity index (χ2n) is 5.00. The van der Waals surface area contributed by atoms with Gasteiger partial charge in [-0.2, -0.15) is 0 Å². The average Bonchev–Trinajstić information content (AvgIpc) is 3.18. The van der Waals surface area contributed by atoms with Gasteiger partial charge in [0.2, 0.25) is 0 Å². The maximum atomic E-state index is 12.5. The van der Waals surface area contributed by atoms with Crippen molar-refractivity contribution in [1.82, 2.24) is 4.90 Å². The number of benzene rings is 1. The number of para-hydroxylation sites is 2. The lowest BCUT2D eigenvalue weighted by Crippen LogP contribution is -2.34. The summed E-state index contributed by atoms with van der Waals surface area (Å²) < 4.78 is 10.7. The van der Waals surface area contributed by atoms with Gasteiger partial charge < -0.3 is 19.4 Å². The zero-order valence-corrected chi connectivity index (χ0v) is 11.9. The molecule has 1 atom stereocenters. The van der Waals surface area contributed by atoms with Crippen LogP contribution in [0.2, 0.25) is 0 Å². The molecule has 5 nitrogen and oxygen atoms in total. The van der Waals surface area contributed by atoms with E-state index >= 15 is 0 Å². The number of ether oxygens (including phenoxy) is 1. The van der Waals surface area contributed by atoms with E-state index in [0.717, 1.165) is 25.1 Å². The first-order chi connectivity index (χ1) is 10.3. The van der Waals surface area contributed by atoms with Gasteiger partial charge in [0.15, 0.2) is 0 Å². The molecule has 0 radical (unpaired) electrons. The molecule has 110 valence electrons. The molecule has 3 rings (SSSR count). The Kier molecular flexibility index (Phi) is 3.81. The van der Waals surface area contributed by atoms with Crippen LogP contribution in [0, 0.1) is 0 Å². The average molecular weight is 286 g/mol. The Hall–Kier alpha value is -2.43. The molecule has 0 bridgehead atoms. The summed E-state index contributed by atoms with van der Waals surface area (Å²) in [4.78, 5) is 14.3. The molecule has 1 aromatic heterocycles. The van der Waals surface area contributed by atoms with E-state index in [1.165, 1.54) is 0 Å². The number of nitrogens with zero attached hydrogens (tertiary/aromatic N) is 1. The molecule has 0 aliphatic carbocycles. The molecule has 1 saturated heterocycles. The van der Waals surface area contributed by atoms with Crippen molar-refractivity contribution < 1.29 is 13.9 Å². The fraction of sp³-hybridized carbons (Fsp3) is 0.312. The number of likely N-dealkylation sites (tertiary alicyclic amines) is 1. The normalized spacial score (nSPS) is 17.8. The van der Waals surface area contributed by atoms with Crippen LogP contribution in [0.5, 0.6) is 5.75 Å². The molecule has 1 aromatic carbocycles. The van der Waals surface area contributed by atoms with Crippen molar-refractivity contribution in [3.05, 3.63) is 48.4 Å². The van der Waals surface area contributed by atoms with Crippen LogP contribution in [0.4, 0.5) is 10.5 Å². The van der Waals surface area contributed by atoms with Gasteiger partial charge in [-0.05, 0) is 37.1 Å². The Morgan fingerprint density at radius 3 is 2.95 bits per heavy atom. The molecule has 1 unspecified atom stereocenters. The number of urea groups is 1. The van der Waals surface area contributed by atoms with E-state index < -0.39 is 0 Å². The molecule has 5 heteroatoms. The van der Waals surface area contributed by atoms with Gasteiger partial charge in [-0.25, -0.2) is 4.79 Å². The number of furan rings is 1. The Bertz CT molecular complexity index is 610. The summed E-state index contributed by atoms with van der Waals surface area (Å²) in [6, 6.07) is 11.0. The van der Waals surface area contributed by atoms with Gasteiger partial charge in [0.1, 0.15) is 11.5 Å². The van der Waals surface area contributed by atoms with E-state index in [-0.39, 0.29) is 12.1 Å². The van der Waals surface area contributed by atoms with Crippen LogP contribution in [0.1, 0.15) is 24.6 Å². The van der Waals surface area contributed by atoms with Gasteiger partial charge in [0, 0.05) is 6.54 Å². The van der Waals surface area contributed by atoms with E-state index in [0.29, 0.717) is 11.4 Å². The zero-order valence-electron chi connectivity index (χ0n) is 11.9. The van der Waals surface area contributed by atoms with Crippen LogP contribution in [0.15, 0.2) is 47.1 Å². The van der Waals surface area contributed by atoms with Crippen molar-refractivity contribution in [2.24, 2.45) is 0 Å². The molecule has 2 heterocycles. The highest BCUT2D eigenvalue weighted by Crippen LogP contribution is 2.33. The van der Waals surface area contributed by atoms with Gasteiger partial charge in [-0.3, -0.25) is 0 Å². The second kappa shape index (κ2) is 5.91. The van der Waals surface area contributed by atoms with Gasteiger partial charge >= 0.3 is 6.03 Å². The molecule has 1 fully saturated rings. The van der Waals surface area contributed by atoms with E-state index in [2.05, 4.69) is 5.32 Å². The molecular weight excluding hydrogens is 268 g/mol. The van der Waals surface area contributed by atoms with Crippen molar-refractivity contribution in [3.63, 3.8) is 0 Å². The second-order valence-corrected chi connectivity index (χ2v) is 5.00. The maximum Gasteiger partial charge on any atom is 0.322 e. The monoisotopic (exact) mass is 286 g/mol. The number of nitrogens with one attached hydrogen (secondary N) is 1. The fourth-order valence-electron chi connectivity index (χ4n) is 2.72. The molecule has 1 aliphatic heterocycles. The van der Waals surface area contributed by atoms with Crippen LogP contribution in [0.25, 0.3) is 0 Å². The van der Waals surface area contributed by atoms with Crippen LogP contribution >= 0.6 is 0 Å². The Balaban J connectivity index is 1.75. The van der Waals surface area contributed by atoms with Crippen molar-refractivity contribution in [2.45, 2.75) is 18.9 Å². The Labute approximate surface area is 123 Å². The van der Waals surface area contributed by atoms with Crippen molar-refractivity contribution in [1.29, 1.82) is 0 Å². The highest BCUT2D eigenvalue weighted by molar-refractivity contribution is 5.91. The van der Waals surface area contributed by atoms with Gasteiger partial charge in [0.25, 0.3) is 0 Å². The van der Waals surface area contributed by atoms with E-state index in [1.54, 1.807) is 13.4 Å². The largest absolute Gasteiger partial charge is 0.495 e. The van der Waals surface area contributed by atoms with Gasteiger partial charge in [-0.15, -0.1) is 0 Å². The predicted octanol–water partition coefficient (Wildman–Crippen LogP) is 3.66. The van der Waals surface area contributed by atoms with Crippen LogP contribution in [-0.4, -0.2) is 24.6 Å². The third-order valence-electron chi connectivity index (χ3n) is 3.73. The summed E-state index contributed by atoms with van der Waals surface area (Å²) in [7, 11) is 1.59. The lowest BCUT2D eigenvalue weighted by Gasteiger charge is -2.24. The van der Waals surface area contributed by atoms with Crippen molar-refractivity contribution >= 4 is 11.7 Å². The first kappa shape index (κ1) is 13.5. The molecule has 0 saturated carbocycles. The zero-order chi connectivity index (χ0) is 14.7. The minimum atomic E-state index is -0.126. The predicted molar refractivity (Wildman–Crippen MR) is 79.4 cm³/mol. The lowest BCUT2D eigenvalue weighted by atomic mass is 10.2. The Morgan fingerprint density at radius 2 is 2.19 bits per heavy atom. The Morgan fingerprint density at radius 1 is 1.33 bits per heavy atom. The summed E-state index contributed by atoms with van der Waals surface area (Å²) in [6.07, 6.45) is 3.54. The SMILES string of the molecule is COc1ccccc1NC(=O)N1CCCC1c1ccco1. The first-order valence-electron chi connectivity index (χ1n) is 7.03. The number of hydrogen-bond donors (Lipinski definition) is 1. The van der Waals surface area contributed by atoms with Crippen LogP contribution in [-0.2, 0) is 0 Å². The molecule has 2 aromatic rings. The highest BCUT2D eigenvalue weighted by atomic mass is 16.5. The third-order valence-corrected chi connectivity index (χ3v) is 3.73. The molecule has 1 aliphatic rings. The fourth-order valence-corrected chi connectivity index (χ4v) is 2.72. The number of amides is 2. The maximum absolute atomic E-state index is 12.5. The minimum absolute atomic E-state index is 0.00899. The van der Waals surface area contributed by atoms with Crippen molar-refractivity contribution in [2.75, 3.05) is 19.0 Å². The summed E-state index contributed by atoms with van der Waals surface area (Å²) in [5.41, 5.74) is 0.676. The molecular formula is C16H18N2O3. The number of carbonyl (C=O) groups excluding carboxylic acids is 1. The number of carbonyl (C=O) groups is 1. The summed E-state index contributed by atoms with van der Waals surface area (Å²) in [5, 5.41) is 2.92. The third kappa shape index (κ3) is 2.72. The van der Waals surface area contributed by atoms with Crippen LogP contribution in [0.3, 0.4) is 0 Å². The standard InChI is InChI=1S/C16H18N2O3/c1-20-14-8-3-2-6-12(14)17-16(19)18-10-4-7-13(18)15-9-5-11-21-15/h2-3,5-6,8-9,11,13H,4,7,10H2,1H3,(H,17,19).